The molecule has 0 heterocycles. The number of nitro groups is 1. The second-order valence-electron chi connectivity index (χ2n) is 7.81. The molecule has 186 valence electrons. The Labute approximate surface area is 220 Å². The molecule has 0 saturated carbocycles. The van der Waals surface area contributed by atoms with E-state index in [1.165, 1.54) is 54.2 Å². The van der Waals surface area contributed by atoms with Crippen LogP contribution in [-0.4, -0.2) is 16.7 Å². The van der Waals surface area contributed by atoms with Crippen molar-refractivity contribution in [2.45, 2.75) is 10.1 Å². The molecule has 0 spiro atoms. The average molecular weight is 536 g/mol. The Hall–Kier alpha value is -4.21. The molecule has 4 aromatic carbocycles. The molecule has 0 aromatic heterocycles. The van der Waals surface area contributed by atoms with Crippen molar-refractivity contribution in [2.75, 3.05) is 10.6 Å². The van der Waals surface area contributed by atoms with E-state index in [1.54, 1.807) is 18.2 Å². The van der Waals surface area contributed by atoms with Crippen molar-refractivity contribution in [3.05, 3.63) is 129 Å². The minimum Gasteiger partial charge on any atom is -0.325 e. The lowest BCUT2D eigenvalue weighted by Crippen LogP contribution is -2.19. The molecule has 0 radical (unpaired) electrons. The van der Waals surface area contributed by atoms with E-state index in [9.17, 15) is 24.1 Å². The van der Waals surface area contributed by atoms with Gasteiger partial charge in [-0.25, -0.2) is 4.39 Å². The Morgan fingerprint density at radius 3 is 2.24 bits per heavy atom. The van der Waals surface area contributed by atoms with Gasteiger partial charge in [-0.05, 0) is 54.1 Å². The van der Waals surface area contributed by atoms with Crippen molar-refractivity contribution < 1.29 is 18.9 Å². The number of carbonyl (C=O) groups excluding carboxylic acids is 2. The Bertz CT molecular complexity index is 1450. The van der Waals surface area contributed by atoms with Crippen molar-refractivity contribution >= 4 is 52.2 Å². The van der Waals surface area contributed by atoms with Crippen LogP contribution in [0.3, 0.4) is 0 Å². The number of non-ortho nitro benzene ring substituents is 1. The molecule has 4 rings (SSSR count). The molecule has 1 unspecified atom stereocenters. The molecule has 0 saturated heterocycles. The molecule has 2 N–H and O–H groups in total. The molecule has 0 aliphatic carbocycles. The molecular weight excluding hydrogens is 517 g/mol. The molecule has 0 aliphatic heterocycles. The van der Waals surface area contributed by atoms with Gasteiger partial charge >= 0.3 is 0 Å². The maximum absolute atomic E-state index is 13.5. The number of nitrogens with zero attached hydrogens (tertiary/aromatic N) is 1. The normalized spacial score (nSPS) is 11.4. The molecule has 0 fully saturated rings. The number of hydrogen-bond donors (Lipinski definition) is 2. The summed E-state index contributed by atoms with van der Waals surface area (Å²) in [6.45, 7) is 0. The number of hydrogen-bond acceptors (Lipinski definition) is 5. The van der Waals surface area contributed by atoms with Gasteiger partial charge in [-0.15, -0.1) is 11.8 Å². The van der Waals surface area contributed by atoms with Crippen molar-refractivity contribution in [2.24, 2.45) is 0 Å². The van der Waals surface area contributed by atoms with Gasteiger partial charge < -0.3 is 10.6 Å². The number of nitrogens with one attached hydrogen (secondary N) is 2. The van der Waals surface area contributed by atoms with E-state index in [2.05, 4.69) is 10.6 Å². The third-order valence-corrected chi connectivity index (χ3v) is 6.75. The second-order valence-corrected chi connectivity index (χ2v) is 9.40. The SMILES string of the molecule is O=C(Nc1cccc(SC(C(=O)Nc2ccc(F)c(Cl)c2)c2ccccc2)c1)c1ccc([N+](=O)[O-])cc1. The third-order valence-electron chi connectivity index (χ3n) is 5.21. The number of halogens is 2. The zero-order valence-electron chi connectivity index (χ0n) is 19.1. The fourth-order valence-electron chi connectivity index (χ4n) is 3.40. The van der Waals surface area contributed by atoms with Crippen LogP contribution in [0.4, 0.5) is 21.5 Å². The molecular formula is C27H19ClFN3O4S. The number of thioether (sulfide) groups is 1. The van der Waals surface area contributed by atoms with E-state index in [0.29, 0.717) is 16.3 Å². The first-order chi connectivity index (χ1) is 17.8. The zero-order chi connectivity index (χ0) is 26.4. The van der Waals surface area contributed by atoms with Crippen molar-refractivity contribution in [3.8, 4) is 0 Å². The van der Waals surface area contributed by atoms with E-state index >= 15 is 0 Å². The minimum absolute atomic E-state index is 0.0989. The molecule has 1 atom stereocenters. The lowest BCUT2D eigenvalue weighted by Gasteiger charge is -2.18. The predicted octanol–water partition coefficient (Wildman–Crippen LogP) is 7.11. The number of amides is 2. The van der Waals surface area contributed by atoms with E-state index in [4.69, 9.17) is 11.6 Å². The first-order valence-electron chi connectivity index (χ1n) is 10.9. The van der Waals surface area contributed by atoms with Crippen LogP contribution < -0.4 is 10.6 Å². The van der Waals surface area contributed by atoms with E-state index < -0.39 is 21.9 Å². The Kier molecular flexibility index (Phi) is 8.17. The van der Waals surface area contributed by atoms with Crippen molar-refractivity contribution in [1.29, 1.82) is 0 Å². The van der Waals surface area contributed by atoms with Crippen LogP contribution in [0.15, 0.2) is 102 Å². The maximum Gasteiger partial charge on any atom is 0.269 e. The van der Waals surface area contributed by atoms with E-state index in [1.807, 2.05) is 36.4 Å². The summed E-state index contributed by atoms with van der Waals surface area (Å²) in [5.41, 5.74) is 1.76. The standard InChI is InChI=1S/C27H19ClFN3O4S/c28-23-16-20(11-14-24(23)29)31-27(34)25(17-5-2-1-3-6-17)37-22-8-4-7-19(15-22)30-26(33)18-9-12-21(13-10-18)32(35)36/h1-16,25H,(H,30,33)(H,31,34). The zero-order valence-corrected chi connectivity index (χ0v) is 20.6. The summed E-state index contributed by atoms with van der Waals surface area (Å²) >= 11 is 7.13. The summed E-state index contributed by atoms with van der Waals surface area (Å²) in [6, 6.07) is 25.4. The molecule has 4 aromatic rings. The molecule has 2 amide bonds. The summed E-state index contributed by atoms with van der Waals surface area (Å²) in [7, 11) is 0. The first-order valence-corrected chi connectivity index (χ1v) is 12.2. The van der Waals surface area contributed by atoms with Gasteiger partial charge in [-0.3, -0.25) is 19.7 Å². The van der Waals surface area contributed by atoms with Gasteiger partial charge in [0.15, 0.2) is 0 Å². The molecule has 7 nitrogen and oxygen atoms in total. The highest BCUT2D eigenvalue weighted by Gasteiger charge is 2.23. The van der Waals surface area contributed by atoms with Crippen LogP contribution in [0, 0.1) is 15.9 Å². The quantitative estimate of drug-likeness (QED) is 0.142. The van der Waals surface area contributed by atoms with Crippen molar-refractivity contribution in [3.63, 3.8) is 0 Å². The summed E-state index contributed by atoms with van der Waals surface area (Å²) < 4.78 is 13.5. The van der Waals surface area contributed by atoms with Gasteiger partial charge in [0.1, 0.15) is 11.1 Å². The van der Waals surface area contributed by atoms with E-state index in [0.717, 1.165) is 5.56 Å². The third kappa shape index (κ3) is 6.72. The Morgan fingerprint density at radius 1 is 0.865 bits per heavy atom. The highest BCUT2D eigenvalue weighted by Crippen LogP contribution is 2.37. The topological polar surface area (TPSA) is 101 Å². The maximum atomic E-state index is 13.5. The van der Waals surface area contributed by atoms with Gasteiger partial charge in [-0.1, -0.05) is 48.0 Å². The van der Waals surface area contributed by atoms with Crippen molar-refractivity contribution in [1.82, 2.24) is 0 Å². The summed E-state index contributed by atoms with van der Waals surface area (Å²) in [4.78, 5) is 36.9. The summed E-state index contributed by atoms with van der Waals surface area (Å²) in [6.07, 6.45) is 0. The fraction of sp³-hybridized carbons (Fsp3) is 0.0370. The van der Waals surface area contributed by atoms with Gasteiger partial charge in [0, 0.05) is 34.0 Å². The highest BCUT2D eigenvalue weighted by molar-refractivity contribution is 8.00. The monoisotopic (exact) mass is 535 g/mol. The van der Waals surface area contributed by atoms with Crippen LogP contribution in [0.25, 0.3) is 0 Å². The summed E-state index contributed by atoms with van der Waals surface area (Å²) in [5, 5.41) is 15.6. The Balaban J connectivity index is 1.52. The molecule has 37 heavy (non-hydrogen) atoms. The Morgan fingerprint density at radius 2 is 1.57 bits per heavy atom. The van der Waals surface area contributed by atoms with Crippen LogP contribution in [0.1, 0.15) is 21.2 Å². The lowest BCUT2D eigenvalue weighted by atomic mass is 10.1. The van der Waals surface area contributed by atoms with Crippen LogP contribution in [-0.2, 0) is 4.79 Å². The predicted molar refractivity (Wildman–Crippen MR) is 143 cm³/mol. The largest absolute Gasteiger partial charge is 0.325 e. The van der Waals surface area contributed by atoms with Crippen LogP contribution >= 0.6 is 23.4 Å². The van der Waals surface area contributed by atoms with Gasteiger partial charge in [-0.2, -0.15) is 0 Å². The van der Waals surface area contributed by atoms with Gasteiger partial charge in [0.05, 0.1) is 9.95 Å². The fourth-order valence-corrected chi connectivity index (χ4v) is 4.67. The number of anilines is 2. The van der Waals surface area contributed by atoms with Gasteiger partial charge in [0.2, 0.25) is 5.91 Å². The number of rotatable bonds is 8. The van der Waals surface area contributed by atoms with E-state index in [-0.39, 0.29) is 22.2 Å². The molecule has 0 aliphatic rings. The number of benzene rings is 4. The minimum atomic E-state index is -0.661. The van der Waals surface area contributed by atoms with Gasteiger partial charge in [0.25, 0.3) is 11.6 Å². The lowest BCUT2D eigenvalue weighted by molar-refractivity contribution is -0.384. The number of nitro benzene ring substituents is 1. The summed E-state index contributed by atoms with van der Waals surface area (Å²) in [5.74, 6) is -1.34. The average Bonchev–Trinajstić information content (AvgIpc) is 2.90. The number of carbonyl (C=O) groups is 2. The second kappa shape index (κ2) is 11.7. The molecule has 0 bridgehead atoms. The first kappa shape index (κ1) is 25.9. The smallest absolute Gasteiger partial charge is 0.269 e. The highest BCUT2D eigenvalue weighted by atomic mass is 35.5. The molecule has 10 heteroatoms. The van der Waals surface area contributed by atoms with Crippen LogP contribution in [0.5, 0.6) is 0 Å². The van der Waals surface area contributed by atoms with Crippen LogP contribution in [0.2, 0.25) is 5.02 Å².